The third kappa shape index (κ3) is 5.60. The monoisotopic (exact) mass is 287 g/mol. The zero-order chi connectivity index (χ0) is 13.5. The van der Waals surface area contributed by atoms with Gasteiger partial charge in [-0.1, -0.05) is 44.0 Å². The first-order valence-electron chi connectivity index (χ1n) is 6.70. The molecule has 0 aliphatic rings. The number of rotatable bonds is 7. The van der Waals surface area contributed by atoms with Crippen LogP contribution in [0.3, 0.4) is 0 Å². The van der Waals surface area contributed by atoms with Gasteiger partial charge in [-0.3, -0.25) is 0 Å². The summed E-state index contributed by atoms with van der Waals surface area (Å²) in [7, 11) is 0. The minimum atomic E-state index is 0.473. The third-order valence-electron chi connectivity index (χ3n) is 2.91. The summed E-state index contributed by atoms with van der Waals surface area (Å²) in [6.45, 7) is 7.74. The molecule has 1 rings (SSSR count). The summed E-state index contributed by atoms with van der Waals surface area (Å²) in [5.74, 6) is 0.678. The Balaban J connectivity index is 2.71. The molecule has 1 nitrogen and oxygen atoms in total. The van der Waals surface area contributed by atoms with E-state index in [2.05, 4.69) is 26.1 Å². The lowest BCUT2D eigenvalue weighted by molar-refractivity contribution is 0.416. The van der Waals surface area contributed by atoms with Crippen molar-refractivity contribution in [3.05, 3.63) is 33.8 Å². The number of benzene rings is 1. The fourth-order valence-corrected chi connectivity index (χ4v) is 2.51. The molecule has 0 aliphatic carbocycles. The molecule has 0 amide bonds. The molecule has 1 N–H and O–H groups in total. The van der Waals surface area contributed by atoms with Gasteiger partial charge < -0.3 is 5.32 Å². The topological polar surface area (TPSA) is 12.0 Å². The van der Waals surface area contributed by atoms with Crippen molar-refractivity contribution in [1.82, 2.24) is 5.32 Å². The van der Waals surface area contributed by atoms with Crippen molar-refractivity contribution < 1.29 is 0 Å². The summed E-state index contributed by atoms with van der Waals surface area (Å²) in [5.41, 5.74) is 1.14. The van der Waals surface area contributed by atoms with Crippen molar-refractivity contribution in [1.29, 1.82) is 0 Å². The molecule has 1 unspecified atom stereocenters. The minimum Gasteiger partial charge on any atom is -0.314 e. The Labute approximate surface area is 121 Å². The van der Waals surface area contributed by atoms with Crippen molar-refractivity contribution in [3.8, 4) is 0 Å². The van der Waals surface area contributed by atoms with Crippen LogP contribution in [-0.4, -0.2) is 12.6 Å². The second-order valence-electron chi connectivity index (χ2n) is 5.22. The molecule has 1 atom stereocenters. The lowest BCUT2D eigenvalue weighted by Crippen LogP contribution is -2.33. The first kappa shape index (κ1) is 15.8. The first-order valence-corrected chi connectivity index (χ1v) is 7.45. The van der Waals surface area contributed by atoms with Crippen molar-refractivity contribution in [3.63, 3.8) is 0 Å². The molecule has 0 saturated heterocycles. The van der Waals surface area contributed by atoms with E-state index >= 15 is 0 Å². The van der Waals surface area contributed by atoms with Crippen molar-refractivity contribution in [2.24, 2.45) is 5.92 Å². The molecule has 0 spiro atoms. The summed E-state index contributed by atoms with van der Waals surface area (Å²) in [5, 5.41) is 5.16. The highest BCUT2D eigenvalue weighted by Gasteiger charge is 2.13. The molecule has 0 saturated carbocycles. The van der Waals surface area contributed by atoms with Gasteiger partial charge in [0.05, 0.1) is 0 Å². The predicted octanol–water partition coefficient (Wildman–Crippen LogP) is 4.95. The molecule has 102 valence electrons. The maximum atomic E-state index is 6.22. The van der Waals surface area contributed by atoms with E-state index in [1.165, 1.54) is 0 Å². The molecule has 0 fully saturated rings. The van der Waals surface area contributed by atoms with Crippen LogP contribution in [0.5, 0.6) is 0 Å². The highest BCUT2D eigenvalue weighted by molar-refractivity contribution is 6.33. The van der Waals surface area contributed by atoms with Gasteiger partial charge in [0, 0.05) is 16.1 Å². The molecule has 3 heteroatoms. The Kier molecular flexibility index (Phi) is 7.06. The van der Waals surface area contributed by atoms with Crippen molar-refractivity contribution in [2.45, 2.75) is 46.1 Å². The highest BCUT2D eigenvalue weighted by atomic mass is 35.5. The summed E-state index contributed by atoms with van der Waals surface area (Å²) in [6.07, 6.45) is 3.25. The van der Waals surface area contributed by atoms with E-state index in [4.69, 9.17) is 23.2 Å². The quantitative estimate of drug-likeness (QED) is 0.748. The van der Waals surface area contributed by atoms with Crippen LogP contribution in [0.15, 0.2) is 18.2 Å². The van der Waals surface area contributed by atoms with Gasteiger partial charge in [0.25, 0.3) is 0 Å². The van der Waals surface area contributed by atoms with Gasteiger partial charge in [-0.2, -0.15) is 0 Å². The third-order valence-corrected chi connectivity index (χ3v) is 3.52. The van der Waals surface area contributed by atoms with Gasteiger partial charge in [0.2, 0.25) is 0 Å². The van der Waals surface area contributed by atoms with E-state index in [1.54, 1.807) is 0 Å². The maximum absolute atomic E-state index is 6.22. The number of hydrogen-bond acceptors (Lipinski definition) is 1. The van der Waals surface area contributed by atoms with Crippen LogP contribution >= 0.6 is 23.2 Å². The van der Waals surface area contributed by atoms with Gasteiger partial charge >= 0.3 is 0 Å². The Morgan fingerprint density at radius 3 is 2.56 bits per heavy atom. The smallest absolute Gasteiger partial charge is 0.0439 e. The van der Waals surface area contributed by atoms with Crippen LogP contribution in [0.25, 0.3) is 0 Å². The molecule has 1 aromatic rings. The average Bonchev–Trinajstić information content (AvgIpc) is 2.30. The van der Waals surface area contributed by atoms with E-state index in [9.17, 15) is 0 Å². The van der Waals surface area contributed by atoms with Gasteiger partial charge in [0.1, 0.15) is 0 Å². The number of halogens is 2. The largest absolute Gasteiger partial charge is 0.314 e. The highest BCUT2D eigenvalue weighted by Crippen LogP contribution is 2.23. The lowest BCUT2D eigenvalue weighted by atomic mass is 9.97. The lowest BCUT2D eigenvalue weighted by Gasteiger charge is -2.21. The fraction of sp³-hybridized carbons (Fsp3) is 0.600. The van der Waals surface area contributed by atoms with E-state index in [-0.39, 0.29) is 0 Å². The Hall–Kier alpha value is -0.240. The number of hydrogen-bond donors (Lipinski definition) is 1. The molecule has 1 aromatic carbocycles. The zero-order valence-electron chi connectivity index (χ0n) is 11.5. The summed E-state index contributed by atoms with van der Waals surface area (Å²) in [4.78, 5) is 0. The van der Waals surface area contributed by atoms with E-state index < -0.39 is 0 Å². The molecular formula is C15H23Cl2N. The van der Waals surface area contributed by atoms with Crippen LogP contribution < -0.4 is 5.32 Å². The predicted molar refractivity (Wildman–Crippen MR) is 81.7 cm³/mol. The summed E-state index contributed by atoms with van der Waals surface area (Å²) in [6, 6.07) is 6.17. The Morgan fingerprint density at radius 2 is 1.94 bits per heavy atom. The molecule has 0 aliphatic heterocycles. The van der Waals surface area contributed by atoms with Gasteiger partial charge in [0.15, 0.2) is 0 Å². The SMILES string of the molecule is CCCNC(Cc1cc(Cl)ccc1Cl)CC(C)C. The van der Waals surface area contributed by atoms with E-state index in [1.807, 2.05) is 18.2 Å². The van der Waals surface area contributed by atoms with Gasteiger partial charge in [-0.15, -0.1) is 0 Å². The molecule has 18 heavy (non-hydrogen) atoms. The van der Waals surface area contributed by atoms with Crippen molar-refractivity contribution in [2.75, 3.05) is 6.54 Å². The second kappa shape index (κ2) is 8.04. The van der Waals surface area contributed by atoms with Crippen molar-refractivity contribution >= 4 is 23.2 Å². The molecule has 0 aromatic heterocycles. The molecular weight excluding hydrogens is 265 g/mol. The van der Waals surface area contributed by atoms with E-state index in [0.717, 1.165) is 41.4 Å². The maximum Gasteiger partial charge on any atom is 0.0439 e. The minimum absolute atomic E-state index is 0.473. The molecule has 0 bridgehead atoms. The molecule has 0 radical (unpaired) electrons. The van der Waals surface area contributed by atoms with Crippen LogP contribution in [0.2, 0.25) is 10.0 Å². The normalized spacial score (nSPS) is 13.0. The van der Waals surface area contributed by atoms with E-state index in [0.29, 0.717) is 12.0 Å². The standard InChI is InChI=1S/C15H23Cl2N/c1-4-7-18-14(8-11(2)3)10-12-9-13(16)5-6-15(12)17/h5-6,9,11,14,18H,4,7-8,10H2,1-3H3. The van der Waals surface area contributed by atoms with Gasteiger partial charge in [-0.05, 0) is 55.5 Å². The van der Waals surface area contributed by atoms with Crippen LogP contribution in [0.1, 0.15) is 39.2 Å². The Bertz CT molecular complexity index is 364. The fourth-order valence-electron chi connectivity index (χ4n) is 2.12. The second-order valence-corrected chi connectivity index (χ2v) is 6.06. The average molecular weight is 288 g/mol. The summed E-state index contributed by atoms with van der Waals surface area (Å²) < 4.78 is 0. The van der Waals surface area contributed by atoms with Crippen LogP contribution in [-0.2, 0) is 6.42 Å². The summed E-state index contributed by atoms with van der Waals surface area (Å²) >= 11 is 12.3. The number of nitrogens with one attached hydrogen (secondary N) is 1. The van der Waals surface area contributed by atoms with Gasteiger partial charge in [-0.25, -0.2) is 0 Å². The Morgan fingerprint density at radius 1 is 1.22 bits per heavy atom. The first-order chi connectivity index (χ1) is 8.52. The molecule has 0 heterocycles. The van der Waals surface area contributed by atoms with Crippen LogP contribution in [0.4, 0.5) is 0 Å². The zero-order valence-corrected chi connectivity index (χ0v) is 13.0. The van der Waals surface area contributed by atoms with Crippen LogP contribution in [0, 0.1) is 5.92 Å².